The minimum Gasteiger partial charge on any atom is -0.508 e. The topological polar surface area (TPSA) is 40.5 Å². The van der Waals surface area contributed by atoms with Crippen LogP contribution in [-0.2, 0) is 5.41 Å². The summed E-state index contributed by atoms with van der Waals surface area (Å²) in [7, 11) is 0. The zero-order valence-corrected chi connectivity index (χ0v) is 10.6. The molecule has 100 valence electrons. The average Bonchev–Trinajstić information content (AvgIpc) is 2.27. The molecule has 0 aliphatic heterocycles. The molecule has 0 radical (unpaired) electrons. The van der Waals surface area contributed by atoms with E-state index in [4.69, 9.17) is 0 Å². The van der Waals surface area contributed by atoms with Gasteiger partial charge in [0.1, 0.15) is 23.1 Å². The number of phenolic OH excluding ortho intramolecular Hbond substituents is 2. The van der Waals surface area contributed by atoms with E-state index in [0.29, 0.717) is 0 Å². The van der Waals surface area contributed by atoms with Crippen LogP contribution in [0.2, 0.25) is 0 Å². The van der Waals surface area contributed by atoms with Gasteiger partial charge in [-0.3, -0.25) is 0 Å². The average molecular weight is 264 g/mol. The van der Waals surface area contributed by atoms with Crippen molar-refractivity contribution in [1.82, 2.24) is 0 Å². The molecule has 0 aliphatic carbocycles. The van der Waals surface area contributed by atoms with Gasteiger partial charge in [0.05, 0.1) is 0 Å². The minimum atomic E-state index is -0.921. The van der Waals surface area contributed by atoms with E-state index in [0.717, 1.165) is 12.1 Å². The largest absolute Gasteiger partial charge is 0.508 e. The second-order valence-electron chi connectivity index (χ2n) is 4.95. The Kier molecular flexibility index (Phi) is 3.18. The third-order valence-corrected chi connectivity index (χ3v) is 3.25. The molecule has 0 amide bonds. The Bertz CT molecular complexity index is 568. The first-order valence-corrected chi connectivity index (χ1v) is 5.80. The SMILES string of the molecule is CC(C)(c1ccc(O)cc1F)c1ccc(O)cc1F. The van der Waals surface area contributed by atoms with Crippen molar-refractivity contribution in [1.29, 1.82) is 0 Å². The second-order valence-corrected chi connectivity index (χ2v) is 4.95. The summed E-state index contributed by atoms with van der Waals surface area (Å²) in [4.78, 5) is 0. The molecule has 4 heteroatoms. The number of hydrogen-bond acceptors (Lipinski definition) is 2. The van der Waals surface area contributed by atoms with Gasteiger partial charge in [-0.25, -0.2) is 8.78 Å². The molecule has 0 saturated heterocycles. The van der Waals surface area contributed by atoms with E-state index in [1.807, 2.05) is 0 Å². The number of aromatic hydroxyl groups is 2. The van der Waals surface area contributed by atoms with Gasteiger partial charge < -0.3 is 10.2 Å². The van der Waals surface area contributed by atoms with Gasteiger partial charge in [0.25, 0.3) is 0 Å². The summed E-state index contributed by atoms with van der Waals surface area (Å²) in [5.74, 6) is -1.55. The van der Waals surface area contributed by atoms with Crippen molar-refractivity contribution in [3.8, 4) is 11.5 Å². The van der Waals surface area contributed by atoms with Crippen molar-refractivity contribution < 1.29 is 19.0 Å². The van der Waals surface area contributed by atoms with Crippen LogP contribution < -0.4 is 0 Å². The van der Waals surface area contributed by atoms with Gasteiger partial charge in [0, 0.05) is 17.5 Å². The Hall–Kier alpha value is -2.10. The number of benzene rings is 2. The first-order valence-electron chi connectivity index (χ1n) is 5.80. The molecule has 0 saturated carbocycles. The standard InChI is InChI=1S/C15H14F2O2/c1-15(2,11-5-3-9(18)7-13(11)16)12-6-4-10(19)8-14(12)17/h3-8,18-19H,1-2H3. The van der Waals surface area contributed by atoms with Crippen molar-refractivity contribution >= 4 is 0 Å². The third-order valence-electron chi connectivity index (χ3n) is 3.25. The van der Waals surface area contributed by atoms with E-state index in [9.17, 15) is 19.0 Å². The maximum Gasteiger partial charge on any atom is 0.130 e. The molecule has 0 heterocycles. The van der Waals surface area contributed by atoms with Crippen LogP contribution in [0.3, 0.4) is 0 Å². The van der Waals surface area contributed by atoms with Crippen LogP contribution >= 0.6 is 0 Å². The lowest BCUT2D eigenvalue weighted by atomic mass is 9.77. The summed E-state index contributed by atoms with van der Waals surface area (Å²) in [6.07, 6.45) is 0. The van der Waals surface area contributed by atoms with Crippen LogP contribution in [-0.4, -0.2) is 10.2 Å². The smallest absolute Gasteiger partial charge is 0.130 e. The Morgan fingerprint density at radius 1 is 0.789 bits per heavy atom. The predicted octanol–water partition coefficient (Wildman–Crippen LogP) is 3.70. The zero-order chi connectivity index (χ0) is 14.2. The number of halogens is 2. The van der Waals surface area contributed by atoms with Crippen LogP contribution in [0.5, 0.6) is 11.5 Å². The van der Waals surface area contributed by atoms with Crippen LogP contribution in [0.4, 0.5) is 8.78 Å². The molecular formula is C15H14F2O2. The molecule has 0 spiro atoms. The first kappa shape index (κ1) is 13.3. The van der Waals surface area contributed by atoms with Crippen LogP contribution in [0.15, 0.2) is 36.4 Å². The normalized spacial score (nSPS) is 11.6. The molecule has 0 bridgehead atoms. The summed E-state index contributed by atoms with van der Waals surface area (Å²) in [5.41, 5.74) is -0.375. The summed E-state index contributed by atoms with van der Waals surface area (Å²) in [6.45, 7) is 3.36. The molecule has 0 aromatic heterocycles. The van der Waals surface area contributed by atoms with E-state index in [-0.39, 0.29) is 22.6 Å². The maximum atomic E-state index is 13.9. The highest BCUT2D eigenvalue weighted by Crippen LogP contribution is 2.36. The van der Waals surface area contributed by atoms with Crippen LogP contribution in [0, 0.1) is 11.6 Å². The summed E-state index contributed by atoms with van der Waals surface area (Å²) < 4.78 is 27.8. The minimum absolute atomic E-state index is 0.178. The molecular weight excluding hydrogens is 250 g/mol. The van der Waals surface area contributed by atoms with Gasteiger partial charge >= 0.3 is 0 Å². The molecule has 0 unspecified atom stereocenters. The molecule has 0 aliphatic rings. The molecule has 0 fully saturated rings. The molecule has 0 atom stereocenters. The first-order chi connectivity index (χ1) is 8.82. The predicted molar refractivity (Wildman–Crippen MR) is 68.3 cm³/mol. The van der Waals surface area contributed by atoms with Crippen molar-refractivity contribution in [2.24, 2.45) is 0 Å². The van der Waals surface area contributed by atoms with Crippen molar-refractivity contribution in [2.75, 3.05) is 0 Å². The van der Waals surface area contributed by atoms with Crippen molar-refractivity contribution in [3.05, 3.63) is 59.2 Å². The quantitative estimate of drug-likeness (QED) is 0.868. The lowest BCUT2D eigenvalue weighted by Gasteiger charge is -2.27. The van der Waals surface area contributed by atoms with Crippen molar-refractivity contribution in [2.45, 2.75) is 19.3 Å². The second kappa shape index (κ2) is 4.53. The lowest BCUT2D eigenvalue weighted by molar-refractivity contribution is 0.457. The van der Waals surface area contributed by atoms with E-state index in [1.165, 1.54) is 24.3 Å². The Balaban J connectivity index is 2.58. The maximum absolute atomic E-state index is 13.9. The van der Waals surface area contributed by atoms with Gasteiger partial charge in [-0.15, -0.1) is 0 Å². The van der Waals surface area contributed by atoms with Gasteiger partial charge in [0.15, 0.2) is 0 Å². The number of rotatable bonds is 2. The fourth-order valence-corrected chi connectivity index (χ4v) is 2.17. The van der Waals surface area contributed by atoms with Gasteiger partial charge in [-0.05, 0) is 23.3 Å². The van der Waals surface area contributed by atoms with Crippen molar-refractivity contribution in [3.63, 3.8) is 0 Å². The van der Waals surface area contributed by atoms with E-state index in [2.05, 4.69) is 0 Å². The fourth-order valence-electron chi connectivity index (χ4n) is 2.17. The summed E-state index contributed by atoms with van der Waals surface area (Å²) in [5, 5.41) is 18.4. The highest BCUT2D eigenvalue weighted by atomic mass is 19.1. The Labute approximate surface area is 110 Å². The third kappa shape index (κ3) is 2.38. The lowest BCUT2D eigenvalue weighted by Crippen LogP contribution is -2.22. The highest BCUT2D eigenvalue weighted by Gasteiger charge is 2.29. The fraction of sp³-hybridized carbons (Fsp3) is 0.200. The molecule has 2 aromatic rings. The molecule has 2 rings (SSSR count). The molecule has 2 aromatic carbocycles. The summed E-state index contributed by atoms with van der Waals surface area (Å²) >= 11 is 0. The Morgan fingerprint density at radius 3 is 1.47 bits per heavy atom. The van der Waals surface area contributed by atoms with E-state index >= 15 is 0 Å². The Morgan fingerprint density at radius 2 is 1.16 bits per heavy atom. The van der Waals surface area contributed by atoms with Gasteiger partial charge in [-0.1, -0.05) is 26.0 Å². The van der Waals surface area contributed by atoms with E-state index < -0.39 is 17.0 Å². The molecule has 2 N–H and O–H groups in total. The summed E-state index contributed by atoms with van der Waals surface area (Å²) in [6, 6.07) is 7.57. The van der Waals surface area contributed by atoms with Gasteiger partial charge in [-0.2, -0.15) is 0 Å². The highest BCUT2D eigenvalue weighted by molar-refractivity contribution is 5.42. The molecule has 19 heavy (non-hydrogen) atoms. The number of hydrogen-bond donors (Lipinski definition) is 2. The monoisotopic (exact) mass is 264 g/mol. The zero-order valence-electron chi connectivity index (χ0n) is 10.6. The van der Waals surface area contributed by atoms with Crippen LogP contribution in [0.25, 0.3) is 0 Å². The molecule has 2 nitrogen and oxygen atoms in total. The van der Waals surface area contributed by atoms with Gasteiger partial charge in [0.2, 0.25) is 0 Å². The van der Waals surface area contributed by atoms with Crippen LogP contribution in [0.1, 0.15) is 25.0 Å². The number of phenols is 2. The van der Waals surface area contributed by atoms with E-state index in [1.54, 1.807) is 13.8 Å².